The van der Waals surface area contributed by atoms with E-state index in [4.69, 9.17) is 5.73 Å². The quantitative estimate of drug-likeness (QED) is 0.844. The van der Waals surface area contributed by atoms with Crippen molar-refractivity contribution in [2.24, 2.45) is 0 Å². The first-order valence-corrected chi connectivity index (χ1v) is 8.42. The summed E-state index contributed by atoms with van der Waals surface area (Å²) in [5.41, 5.74) is 8.19. The average Bonchev–Trinajstić information content (AvgIpc) is 2.97. The van der Waals surface area contributed by atoms with Gasteiger partial charge in [-0.15, -0.1) is 0 Å². The molecular formula is C14H18N4O2S. The van der Waals surface area contributed by atoms with Crippen LogP contribution < -0.4 is 10.0 Å². The van der Waals surface area contributed by atoms with E-state index in [0.717, 1.165) is 18.4 Å². The second-order valence-electron chi connectivity index (χ2n) is 5.07. The van der Waals surface area contributed by atoms with Gasteiger partial charge in [-0.05, 0) is 30.5 Å². The molecule has 1 aliphatic rings. The number of nitrogens with one attached hydrogen (secondary N) is 1. The van der Waals surface area contributed by atoms with Gasteiger partial charge in [0, 0.05) is 18.7 Å². The lowest BCUT2D eigenvalue weighted by Gasteiger charge is -2.30. The summed E-state index contributed by atoms with van der Waals surface area (Å²) in [4.78, 5) is 6.96. The van der Waals surface area contributed by atoms with Gasteiger partial charge in [-0.3, -0.25) is 4.31 Å². The van der Waals surface area contributed by atoms with Crippen LogP contribution in [0.1, 0.15) is 24.7 Å². The third kappa shape index (κ3) is 2.27. The van der Waals surface area contributed by atoms with Crippen LogP contribution in [0, 0.1) is 0 Å². The third-order valence-corrected chi connectivity index (χ3v) is 5.48. The number of rotatable bonds is 3. The number of fused-ring (bicyclic) bond motifs is 1. The average molecular weight is 306 g/mol. The Balaban J connectivity index is 2.07. The molecule has 0 bridgehead atoms. The first-order valence-electron chi connectivity index (χ1n) is 6.98. The molecule has 0 atom stereocenters. The summed E-state index contributed by atoms with van der Waals surface area (Å²) < 4.78 is 27.0. The van der Waals surface area contributed by atoms with Crippen molar-refractivity contribution in [3.05, 3.63) is 35.8 Å². The third-order valence-electron chi connectivity index (χ3n) is 3.75. The zero-order valence-electron chi connectivity index (χ0n) is 11.8. The number of anilines is 2. The van der Waals surface area contributed by atoms with Crippen LogP contribution in [-0.2, 0) is 22.9 Å². The number of nitrogen functional groups attached to an aromatic ring is 1. The van der Waals surface area contributed by atoms with E-state index in [0.29, 0.717) is 30.2 Å². The van der Waals surface area contributed by atoms with Gasteiger partial charge >= 0.3 is 0 Å². The lowest BCUT2D eigenvalue weighted by molar-refractivity contribution is 0.583. The molecule has 0 radical (unpaired) electrons. The largest absolute Gasteiger partial charge is 0.398 e. The SMILES string of the molecule is CCc1ncc(S(=O)(=O)N2CCCc3c(N)cccc32)[nH]1. The highest BCUT2D eigenvalue weighted by Crippen LogP contribution is 2.34. The fraction of sp³-hybridized carbons (Fsp3) is 0.357. The van der Waals surface area contributed by atoms with E-state index in [-0.39, 0.29) is 5.03 Å². The van der Waals surface area contributed by atoms with E-state index in [1.165, 1.54) is 10.5 Å². The van der Waals surface area contributed by atoms with Gasteiger partial charge < -0.3 is 10.7 Å². The van der Waals surface area contributed by atoms with Gasteiger partial charge in [0.15, 0.2) is 5.03 Å². The Bertz CT molecular complexity index is 767. The smallest absolute Gasteiger partial charge is 0.281 e. The molecule has 0 saturated heterocycles. The van der Waals surface area contributed by atoms with E-state index in [1.807, 2.05) is 6.92 Å². The van der Waals surface area contributed by atoms with Gasteiger partial charge in [0.1, 0.15) is 5.82 Å². The van der Waals surface area contributed by atoms with Gasteiger partial charge in [0.2, 0.25) is 0 Å². The second-order valence-corrected chi connectivity index (χ2v) is 6.90. The Morgan fingerprint density at radius 2 is 2.24 bits per heavy atom. The highest BCUT2D eigenvalue weighted by atomic mass is 32.2. The van der Waals surface area contributed by atoms with Gasteiger partial charge in [-0.25, -0.2) is 4.98 Å². The summed E-state index contributed by atoms with van der Waals surface area (Å²) in [5.74, 6) is 0.665. The number of aryl methyl sites for hydroxylation is 1. The van der Waals surface area contributed by atoms with Crippen LogP contribution >= 0.6 is 0 Å². The summed E-state index contributed by atoms with van der Waals surface area (Å²) >= 11 is 0. The monoisotopic (exact) mass is 306 g/mol. The first kappa shape index (κ1) is 13.9. The molecule has 1 aliphatic heterocycles. The fourth-order valence-corrected chi connectivity index (χ4v) is 4.11. The fourth-order valence-electron chi connectivity index (χ4n) is 2.64. The summed E-state index contributed by atoms with van der Waals surface area (Å²) in [7, 11) is -3.62. The maximum Gasteiger partial charge on any atom is 0.281 e. The van der Waals surface area contributed by atoms with E-state index < -0.39 is 10.0 Å². The molecule has 21 heavy (non-hydrogen) atoms. The Labute approximate surface area is 124 Å². The van der Waals surface area contributed by atoms with Crippen molar-refractivity contribution < 1.29 is 8.42 Å². The maximum atomic E-state index is 12.8. The van der Waals surface area contributed by atoms with Gasteiger partial charge in [0.25, 0.3) is 10.0 Å². The minimum absolute atomic E-state index is 0.134. The number of aromatic amines is 1. The van der Waals surface area contributed by atoms with Crippen molar-refractivity contribution in [1.82, 2.24) is 9.97 Å². The van der Waals surface area contributed by atoms with Crippen LogP contribution in [0.15, 0.2) is 29.4 Å². The maximum absolute atomic E-state index is 12.8. The lowest BCUT2D eigenvalue weighted by Crippen LogP contribution is -2.36. The van der Waals surface area contributed by atoms with E-state index >= 15 is 0 Å². The summed E-state index contributed by atoms with van der Waals surface area (Å²) in [6, 6.07) is 5.40. The summed E-state index contributed by atoms with van der Waals surface area (Å²) in [6.45, 7) is 2.38. The van der Waals surface area contributed by atoms with Crippen LogP contribution in [0.2, 0.25) is 0 Å². The van der Waals surface area contributed by atoms with Crippen molar-refractivity contribution in [2.45, 2.75) is 31.2 Å². The number of nitrogens with two attached hydrogens (primary N) is 1. The van der Waals surface area contributed by atoms with Gasteiger partial charge in [-0.1, -0.05) is 13.0 Å². The number of nitrogens with zero attached hydrogens (tertiary/aromatic N) is 2. The number of imidazole rings is 1. The Morgan fingerprint density at radius 3 is 2.95 bits per heavy atom. The highest BCUT2D eigenvalue weighted by molar-refractivity contribution is 7.92. The molecule has 2 heterocycles. The van der Waals surface area contributed by atoms with E-state index in [1.54, 1.807) is 18.2 Å². The number of benzene rings is 1. The van der Waals surface area contributed by atoms with Crippen molar-refractivity contribution in [3.8, 4) is 0 Å². The standard InChI is InChI=1S/C14H18N4O2S/c1-2-13-16-9-14(17-13)21(19,20)18-8-4-5-10-11(15)6-3-7-12(10)18/h3,6-7,9H,2,4-5,8,15H2,1H3,(H,16,17). The van der Waals surface area contributed by atoms with Crippen molar-refractivity contribution >= 4 is 21.4 Å². The van der Waals surface area contributed by atoms with Crippen molar-refractivity contribution in [2.75, 3.05) is 16.6 Å². The Kier molecular flexibility index (Phi) is 3.36. The molecule has 0 fully saturated rings. The zero-order valence-corrected chi connectivity index (χ0v) is 12.7. The molecule has 0 spiro atoms. The molecule has 2 aromatic rings. The molecule has 6 nitrogen and oxygen atoms in total. The Hall–Kier alpha value is -2.02. The van der Waals surface area contributed by atoms with Crippen LogP contribution in [0.4, 0.5) is 11.4 Å². The van der Waals surface area contributed by atoms with Gasteiger partial charge in [-0.2, -0.15) is 8.42 Å². The van der Waals surface area contributed by atoms with E-state index in [2.05, 4.69) is 9.97 Å². The van der Waals surface area contributed by atoms with Crippen LogP contribution in [0.3, 0.4) is 0 Å². The normalized spacial score (nSPS) is 15.0. The van der Waals surface area contributed by atoms with Crippen LogP contribution in [0.25, 0.3) is 0 Å². The second kappa shape index (κ2) is 5.07. The Morgan fingerprint density at radius 1 is 1.43 bits per heavy atom. The van der Waals surface area contributed by atoms with E-state index in [9.17, 15) is 8.42 Å². The van der Waals surface area contributed by atoms with Crippen LogP contribution in [0.5, 0.6) is 0 Å². The summed E-state index contributed by atoms with van der Waals surface area (Å²) in [5, 5.41) is 0.134. The zero-order chi connectivity index (χ0) is 15.0. The first-order chi connectivity index (χ1) is 10.0. The minimum atomic E-state index is -3.62. The molecular weight excluding hydrogens is 288 g/mol. The van der Waals surface area contributed by atoms with Crippen molar-refractivity contribution in [3.63, 3.8) is 0 Å². The lowest BCUT2D eigenvalue weighted by atomic mass is 10.0. The molecule has 0 unspecified atom stereocenters. The molecule has 3 N–H and O–H groups in total. The van der Waals surface area contributed by atoms with Gasteiger partial charge in [0.05, 0.1) is 11.9 Å². The molecule has 0 amide bonds. The number of aromatic nitrogens is 2. The number of hydrogen-bond acceptors (Lipinski definition) is 4. The molecule has 7 heteroatoms. The molecule has 0 aliphatic carbocycles. The molecule has 1 aromatic carbocycles. The predicted octanol–water partition coefficient (Wildman–Crippen LogP) is 1.70. The van der Waals surface area contributed by atoms with Crippen LogP contribution in [-0.4, -0.2) is 24.9 Å². The topological polar surface area (TPSA) is 92.1 Å². The van der Waals surface area contributed by atoms with Crippen molar-refractivity contribution in [1.29, 1.82) is 0 Å². The molecule has 112 valence electrons. The predicted molar refractivity (Wildman–Crippen MR) is 81.7 cm³/mol. The number of hydrogen-bond donors (Lipinski definition) is 2. The molecule has 1 aromatic heterocycles. The molecule has 3 rings (SSSR count). The number of sulfonamides is 1. The molecule has 0 saturated carbocycles. The minimum Gasteiger partial charge on any atom is -0.398 e. The summed E-state index contributed by atoms with van der Waals surface area (Å²) in [6.07, 6.45) is 3.61. The highest BCUT2D eigenvalue weighted by Gasteiger charge is 2.31. The number of H-pyrrole nitrogens is 1.